The molecule has 0 spiro atoms. The molecule has 0 bridgehead atoms. The van der Waals surface area contributed by atoms with Crippen molar-refractivity contribution in [3.63, 3.8) is 0 Å². The average molecular weight is 482 g/mol. The van der Waals surface area contributed by atoms with E-state index in [1.165, 1.54) is 18.2 Å². The second-order valence-electron chi connectivity index (χ2n) is 9.48. The van der Waals surface area contributed by atoms with Crippen LogP contribution in [0.5, 0.6) is 5.75 Å². The number of fused-ring (bicyclic) bond motifs is 1. The Kier molecular flexibility index (Phi) is 6.56. The molecular formula is C27H26F3N3O2. The topological polar surface area (TPSA) is 56.1 Å². The predicted octanol–water partition coefficient (Wildman–Crippen LogP) is 6.11. The van der Waals surface area contributed by atoms with Crippen molar-refractivity contribution in [3.8, 4) is 11.4 Å². The van der Waals surface area contributed by atoms with Crippen LogP contribution in [0.1, 0.15) is 39.4 Å². The zero-order valence-corrected chi connectivity index (χ0v) is 19.9. The van der Waals surface area contributed by atoms with E-state index in [-0.39, 0.29) is 11.7 Å². The quantitative estimate of drug-likeness (QED) is 0.361. The minimum Gasteiger partial charge on any atom is -0.484 e. The van der Waals surface area contributed by atoms with Crippen molar-refractivity contribution in [1.82, 2.24) is 15.1 Å². The normalized spacial score (nSPS) is 13.5. The zero-order valence-electron chi connectivity index (χ0n) is 19.9. The maximum atomic E-state index is 14.0. The first kappa shape index (κ1) is 24.3. The minimum absolute atomic E-state index is 0.197. The third-order valence-electron chi connectivity index (χ3n) is 5.64. The number of nitrogens with one attached hydrogen (secondary N) is 1. The van der Waals surface area contributed by atoms with Gasteiger partial charge in [-0.1, -0.05) is 26.8 Å². The van der Waals surface area contributed by atoms with Gasteiger partial charge in [0.25, 0.3) is 0 Å². The molecule has 35 heavy (non-hydrogen) atoms. The second kappa shape index (κ2) is 9.44. The van der Waals surface area contributed by atoms with Crippen LogP contribution in [0.2, 0.25) is 0 Å². The first-order valence-corrected chi connectivity index (χ1v) is 11.2. The van der Waals surface area contributed by atoms with E-state index >= 15 is 0 Å². The van der Waals surface area contributed by atoms with E-state index in [0.29, 0.717) is 17.0 Å². The number of amides is 1. The summed E-state index contributed by atoms with van der Waals surface area (Å²) >= 11 is 0. The van der Waals surface area contributed by atoms with Gasteiger partial charge in [-0.05, 0) is 67.1 Å². The van der Waals surface area contributed by atoms with E-state index in [1.54, 1.807) is 62.8 Å². The number of rotatable bonds is 6. The summed E-state index contributed by atoms with van der Waals surface area (Å²) in [5.41, 5.74) is 1.23. The van der Waals surface area contributed by atoms with Crippen LogP contribution >= 0.6 is 0 Å². The van der Waals surface area contributed by atoms with Crippen molar-refractivity contribution in [2.75, 3.05) is 0 Å². The maximum Gasteiger partial charge on any atom is 0.225 e. The summed E-state index contributed by atoms with van der Waals surface area (Å²) in [6.07, 6.45) is 0.865. The number of ether oxygens (including phenoxy) is 1. The van der Waals surface area contributed by atoms with Crippen molar-refractivity contribution < 1.29 is 22.7 Å². The molecule has 2 atom stereocenters. The van der Waals surface area contributed by atoms with Crippen molar-refractivity contribution in [3.05, 3.63) is 89.9 Å². The number of hydrogen-bond acceptors (Lipinski definition) is 3. The van der Waals surface area contributed by atoms with Gasteiger partial charge in [-0.3, -0.25) is 4.79 Å². The van der Waals surface area contributed by atoms with Crippen LogP contribution in [0.15, 0.2) is 66.9 Å². The summed E-state index contributed by atoms with van der Waals surface area (Å²) in [5.74, 6) is -2.04. The number of hydrogen-bond donors (Lipinski definition) is 1. The largest absolute Gasteiger partial charge is 0.484 e. The summed E-state index contributed by atoms with van der Waals surface area (Å²) in [7, 11) is 0. The molecule has 1 aromatic heterocycles. The Bertz CT molecular complexity index is 1360. The van der Waals surface area contributed by atoms with Crippen molar-refractivity contribution in [2.24, 2.45) is 5.41 Å². The van der Waals surface area contributed by atoms with Crippen LogP contribution in [-0.2, 0) is 4.79 Å². The highest BCUT2D eigenvalue weighted by Crippen LogP contribution is 2.30. The summed E-state index contributed by atoms with van der Waals surface area (Å²) in [6.45, 7) is 7.11. The van der Waals surface area contributed by atoms with Gasteiger partial charge in [-0.2, -0.15) is 5.10 Å². The van der Waals surface area contributed by atoms with Crippen molar-refractivity contribution in [2.45, 2.75) is 39.8 Å². The Morgan fingerprint density at radius 1 is 0.971 bits per heavy atom. The van der Waals surface area contributed by atoms with Gasteiger partial charge in [-0.15, -0.1) is 0 Å². The van der Waals surface area contributed by atoms with E-state index in [1.807, 2.05) is 6.07 Å². The van der Waals surface area contributed by atoms with E-state index in [9.17, 15) is 18.0 Å². The van der Waals surface area contributed by atoms with Gasteiger partial charge in [0.15, 0.2) is 11.6 Å². The van der Waals surface area contributed by atoms with Crippen LogP contribution in [0, 0.1) is 22.9 Å². The number of benzene rings is 3. The van der Waals surface area contributed by atoms with Gasteiger partial charge in [-0.25, -0.2) is 17.9 Å². The lowest BCUT2D eigenvalue weighted by Crippen LogP contribution is -2.44. The molecule has 1 N–H and O–H groups in total. The third-order valence-corrected chi connectivity index (χ3v) is 5.64. The Balaban J connectivity index is 1.66. The fourth-order valence-corrected chi connectivity index (χ4v) is 3.67. The zero-order chi connectivity index (χ0) is 25.3. The number of carbonyl (C=O) groups is 1. The molecule has 3 aromatic carbocycles. The Morgan fingerprint density at radius 3 is 2.34 bits per heavy atom. The standard InChI is InChI=1S/C27H26F3N3O2/c1-16(32-26(34)27(2,3)4)25(17-5-11-22(29)23(30)14-17)35-21-10-12-24-18(13-21)15-31-33(24)20-8-6-19(28)7-9-20/h5-16,25H,1-4H3,(H,32,34)/t16-,25-/m0/s1. The molecular weight excluding hydrogens is 455 g/mol. The van der Waals surface area contributed by atoms with Crippen molar-refractivity contribution >= 4 is 16.8 Å². The monoisotopic (exact) mass is 481 g/mol. The number of nitrogens with zero attached hydrogens (tertiary/aromatic N) is 2. The van der Waals surface area contributed by atoms with Gasteiger partial charge < -0.3 is 10.1 Å². The lowest BCUT2D eigenvalue weighted by Gasteiger charge is -2.29. The van der Waals surface area contributed by atoms with Crippen LogP contribution in [0.4, 0.5) is 13.2 Å². The Labute approximate surface area is 201 Å². The molecule has 0 saturated carbocycles. The molecule has 1 amide bonds. The highest BCUT2D eigenvalue weighted by molar-refractivity contribution is 5.82. The second-order valence-corrected chi connectivity index (χ2v) is 9.48. The average Bonchev–Trinajstić information content (AvgIpc) is 3.22. The summed E-state index contributed by atoms with van der Waals surface area (Å²) in [6, 6.07) is 14.3. The summed E-state index contributed by atoms with van der Waals surface area (Å²) in [5, 5.41) is 8.07. The Hall–Kier alpha value is -3.81. The van der Waals surface area contributed by atoms with Gasteiger partial charge in [0.2, 0.25) is 5.91 Å². The number of aromatic nitrogens is 2. The fraction of sp³-hybridized carbons (Fsp3) is 0.259. The Morgan fingerprint density at radius 2 is 1.69 bits per heavy atom. The van der Waals surface area contributed by atoms with E-state index in [4.69, 9.17) is 4.74 Å². The van der Waals surface area contributed by atoms with Crippen molar-refractivity contribution in [1.29, 1.82) is 0 Å². The lowest BCUT2D eigenvalue weighted by atomic mass is 9.94. The maximum absolute atomic E-state index is 14.0. The molecule has 0 radical (unpaired) electrons. The first-order chi connectivity index (χ1) is 16.5. The van der Waals surface area contributed by atoms with E-state index in [0.717, 1.165) is 23.0 Å². The molecule has 4 rings (SSSR count). The lowest BCUT2D eigenvalue weighted by molar-refractivity contribution is -0.129. The predicted molar refractivity (Wildman–Crippen MR) is 128 cm³/mol. The molecule has 0 saturated heterocycles. The summed E-state index contributed by atoms with van der Waals surface area (Å²) in [4.78, 5) is 12.6. The molecule has 0 fully saturated rings. The molecule has 0 aliphatic rings. The summed E-state index contributed by atoms with van der Waals surface area (Å²) < 4.78 is 48.8. The molecule has 1 heterocycles. The number of carbonyl (C=O) groups excluding carboxylic acids is 1. The molecule has 0 unspecified atom stereocenters. The third kappa shape index (κ3) is 5.31. The SMILES string of the molecule is C[C@H](NC(=O)C(C)(C)C)[C@H](Oc1ccc2c(cnn2-c2ccc(F)cc2)c1)c1ccc(F)c(F)c1. The minimum atomic E-state index is -0.999. The smallest absolute Gasteiger partial charge is 0.225 e. The molecule has 4 aromatic rings. The van der Waals surface area contributed by atoms with E-state index < -0.39 is 29.2 Å². The molecule has 182 valence electrons. The van der Waals surface area contributed by atoms with Crippen LogP contribution in [0.3, 0.4) is 0 Å². The van der Waals surface area contributed by atoms with Crippen LogP contribution < -0.4 is 10.1 Å². The van der Waals surface area contributed by atoms with Crippen LogP contribution in [0.25, 0.3) is 16.6 Å². The fourth-order valence-electron chi connectivity index (χ4n) is 3.67. The van der Waals surface area contributed by atoms with Gasteiger partial charge >= 0.3 is 0 Å². The molecule has 5 nitrogen and oxygen atoms in total. The molecule has 0 aliphatic carbocycles. The molecule has 0 aliphatic heterocycles. The van der Waals surface area contributed by atoms with Gasteiger partial charge in [0.05, 0.1) is 23.4 Å². The highest BCUT2D eigenvalue weighted by atomic mass is 19.2. The first-order valence-electron chi connectivity index (χ1n) is 11.2. The number of halogens is 3. The highest BCUT2D eigenvalue weighted by Gasteiger charge is 2.29. The molecule has 8 heteroatoms. The van der Waals surface area contributed by atoms with Gasteiger partial charge in [0.1, 0.15) is 17.7 Å². The van der Waals surface area contributed by atoms with Crippen LogP contribution in [-0.4, -0.2) is 21.7 Å². The van der Waals surface area contributed by atoms with E-state index in [2.05, 4.69) is 10.4 Å². The van der Waals surface area contributed by atoms with Gasteiger partial charge in [0, 0.05) is 10.8 Å².